The summed E-state index contributed by atoms with van der Waals surface area (Å²) in [5.74, 6) is 1.29. The summed E-state index contributed by atoms with van der Waals surface area (Å²) in [5, 5.41) is 6.48. The first-order valence-electron chi connectivity index (χ1n) is 6.50. The van der Waals surface area contributed by atoms with Crippen LogP contribution in [-0.2, 0) is 11.2 Å². The number of nitrogens with zero attached hydrogens (tertiary/aromatic N) is 2. The first-order chi connectivity index (χ1) is 10.3. The summed E-state index contributed by atoms with van der Waals surface area (Å²) < 4.78 is 10.3. The molecule has 0 aromatic carbocycles. The smallest absolute Gasteiger partial charge is 0.225 e. The van der Waals surface area contributed by atoms with E-state index in [1.807, 2.05) is 12.1 Å². The predicted molar refractivity (Wildman–Crippen MR) is 75.4 cm³/mol. The minimum absolute atomic E-state index is 0.127. The molecule has 0 fully saturated rings. The molecule has 1 amide bonds. The Labute approximate surface area is 120 Å². The summed E-state index contributed by atoms with van der Waals surface area (Å²) in [6, 6.07) is 8.92. The number of rotatable bonds is 5. The van der Waals surface area contributed by atoms with E-state index in [2.05, 4.69) is 15.5 Å². The van der Waals surface area contributed by atoms with Gasteiger partial charge >= 0.3 is 0 Å². The summed E-state index contributed by atoms with van der Waals surface area (Å²) in [4.78, 5) is 15.9. The van der Waals surface area contributed by atoms with Crippen LogP contribution in [0.25, 0.3) is 11.5 Å². The van der Waals surface area contributed by atoms with Gasteiger partial charge in [0, 0.05) is 24.9 Å². The summed E-state index contributed by atoms with van der Waals surface area (Å²) in [6.45, 7) is 0. The summed E-state index contributed by atoms with van der Waals surface area (Å²) in [7, 11) is 0. The topological polar surface area (TPSA) is 81.2 Å². The lowest BCUT2D eigenvalue weighted by atomic mass is 10.1. The zero-order chi connectivity index (χ0) is 14.5. The van der Waals surface area contributed by atoms with Crippen molar-refractivity contribution < 1.29 is 13.7 Å². The Balaban J connectivity index is 1.55. The van der Waals surface area contributed by atoms with Gasteiger partial charge in [-0.25, -0.2) is 0 Å². The van der Waals surface area contributed by atoms with Gasteiger partial charge in [0.25, 0.3) is 0 Å². The van der Waals surface area contributed by atoms with Crippen LogP contribution in [0.4, 0.5) is 5.82 Å². The molecule has 0 aliphatic heterocycles. The molecule has 0 atom stereocenters. The lowest BCUT2D eigenvalue weighted by molar-refractivity contribution is -0.116. The molecular weight excluding hydrogens is 270 g/mol. The van der Waals surface area contributed by atoms with Crippen molar-refractivity contribution in [2.45, 2.75) is 12.8 Å². The Morgan fingerprint density at radius 2 is 2.19 bits per heavy atom. The van der Waals surface area contributed by atoms with E-state index in [1.54, 1.807) is 36.9 Å². The molecule has 0 aliphatic rings. The molecule has 0 radical (unpaired) electrons. The minimum Gasteiger partial charge on any atom is -0.461 e. The fourth-order valence-electron chi connectivity index (χ4n) is 1.88. The number of pyridine rings is 1. The number of carbonyl (C=O) groups is 1. The largest absolute Gasteiger partial charge is 0.461 e. The average molecular weight is 283 g/mol. The van der Waals surface area contributed by atoms with Gasteiger partial charge in [-0.15, -0.1) is 0 Å². The van der Waals surface area contributed by atoms with Crippen molar-refractivity contribution in [3.05, 3.63) is 54.6 Å². The fourth-order valence-corrected chi connectivity index (χ4v) is 1.88. The van der Waals surface area contributed by atoms with Gasteiger partial charge < -0.3 is 14.3 Å². The van der Waals surface area contributed by atoms with E-state index in [1.165, 1.54) is 0 Å². The van der Waals surface area contributed by atoms with Crippen LogP contribution in [0.5, 0.6) is 0 Å². The van der Waals surface area contributed by atoms with Crippen molar-refractivity contribution in [3.8, 4) is 11.5 Å². The zero-order valence-corrected chi connectivity index (χ0v) is 11.2. The zero-order valence-electron chi connectivity index (χ0n) is 11.2. The summed E-state index contributed by atoms with van der Waals surface area (Å²) >= 11 is 0. The van der Waals surface area contributed by atoms with Gasteiger partial charge in [0.1, 0.15) is 0 Å². The normalized spacial score (nSPS) is 10.5. The van der Waals surface area contributed by atoms with Crippen LogP contribution in [0, 0.1) is 0 Å². The highest BCUT2D eigenvalue weighted by Crippen LogP contribution is 2.22. The van der Waals surface area contributed by atoms with Crippen molar-refractivity contribution in [2.24, 2.45) is 0 Å². The highest BCUT2D eigenvalue weighted by Gasteiger charge is 2.11. The quantitative estimate of drug-likeness (QED) is 0.778. The molecule has 0 saturated heterocycles. The summed E-state index contributed by atoms with van der Waals surface area (Å²) in [6.07, 6.45) is 5.98. The molecule has 3 aromatic heterocycles. The monoisotopic (exact) mass is 283 g/mol. The Bertz CT molecular complexity index is 705. The van der Waals surface area contributed by atoms with Gasteiger partial charge in [0.05, 0.1) is 6.26 Å². The highest BCUT2D eigenvalue weighted by molar-refractivity contribution is 5.90. The maximum atomic E-state index is 11.8. The van der Waals surface area contributed by atoms with Gasteiger partial charge in [-0.2, -0.15) is 0 Å². The highest BCUT2D eigenvalue weighted by atomic mass is 16.5. The van der Waals surface area contributed by atoms with Crippen LogP contribution in [0.15, 0.2) is 57.9 Å². The Morgan fingerprint density at radius 1 is 1.24 bits per heavy atom. The number of aromatic nitrogens is 2. The van der Waals surface area contributed by atoms with Gasteiger partial charge in [-0.05, 0) is 30.2 Å². The van der Waals surface area contributed by atoms with Crippen LogP contribution < -0.4 is 5.32 Å². The van der Waals surface area contributed by atoms with E-state index in [9.17, 15) is 4.79 Å². The van der Waals surface area contributed by atoms with E-state index < -0.39 is 0 Å². The number of hydrogen-bond donors (Lipinski definition) is 1. The molecule has 3 aromatic rings. The van der Waals surface area contributed by atoms with Crippen LogP contribution in [0.1, 0.15) is 12.0 Å². The second kappa shape index (κ2) is 6.04. The summed E-state index contributed by atoms with van der Waals surface area (Å²) in [5.41, 5.74) is 1.02. The van der Waals surface area contributed by atoms with Crippen molar-refractivity contribution in [3.63, 3.8) is 0 Å². The maximum Gasteiger partial charge on any atom is 0.225 e. The fraction of sp³-hybridized carbons (Fsp3) is 0.133. The number of nitrogens with one attached hydrogen (secondary N) is 1. The third-order valence-corrected chi connectivity index (χ3v) is 2.91. The van der Waals surface area contributed by atoms with Gasteiger partial charge in [-0.3, -0.25) is 9.78 Å². The Kier molecular flexibility index (Phi) is 3.77. The molecule has 21 heavy (non-hydrogen) atoms. The predicted octanol–water partition coefficient (Wildman–Crippen LogP) is 2.90. The second-order valence-electron chi connectivity index (χ2n) is 4.46. The van der Waals surface area contributed by atoms with Gasteiger partial charge in [-0.1, -0.05) is 11.2 Å². The van der Waals surface area contributed by atoms with E-state index in [4.69, 9.17) is 8.94 Å². The number of furan rings is 1. The standard InChI is InChI=1S/C15H13N3O3/c19-15(6-5-11-3-1-7-16-10-11)17-14-9-13(21-18-14)12-4-2-8-20-12/h1-4,7-10H,5-6H2,(H,17,18,19). The molecule has 0 saturated carbocycles. The molecular formula is C15H13N3O3. The number of aryl methyl sites for hydroxylation is 1. The number of amides is 1. The maximum absolute atomic E-state index is 11.8. The third-order valence-electron chi connectivity index (χ3n) is 2.91. The van der Waals surface area contributed by atoms with Crippen LogP contribution in [-0.4, -0.2) is 16.0 Å². The molecule has 6 heteroatoms. The number of carbonyl (C=O) groups excluding carboxylic acids is 1. The lowest BCUT2D eigenvalue weighted by Gasteiger charge is -2.01. The molecule has 3 rings (SSSR count). The van der Waals surface area contributed by atoms with E-state index in [-0.39, 0.29) is 5.91 Å². The van der Waals surface area contributed by atoms with Crippen LogP contribution in [0.3, 0.4) is 0 Å². The molecule has 6 nitrogen and oxygen atoms in total. The molecule has 106 valence electrons. The number of anilines is 1. The Morgan fingerprint density at radius 3 is 2.95 bits per heavy atom. The van der Waals surface area contributed by atoms with Crippen molar-refractivity contribution >= 4 is 11.7 Å². The van der Waals surface area contributed by atoms with E-state index in [0.29, 0.717) is 30.2 Å². The van der Waals surface area contributed by atoms with Crippen molar-refractivity contribution in [1.29, 1.82) is 0 Å². The van der Waals surface area contributed by atoms with Crippen molar-refractivity contribution in [1.82, 2.24) is 10.1 Å². The molecule has 3 heterocycles. The molecule has 0 unspecified atom stereocenters. The molecule has 0 bridgehead atoms. The second-order valence-corrected chi connectivity index (χ2v) is 4.46. The van der Waals surface area contributed by atoms with Crippen LogP contribution >= 0.6 is 0 Å². The molecule has 0 aliphatic carbocycles. The van der Waals surface area contributed by atoms with E-state index >= 15 is 0 Å². The van der Waals surface area contributed by atoms with Gasteiger partial charge in [0.15, 0.2) is 11.6 Å². The first-order valence-corrected chi connectivity index (χ1v) is 6.50. The average Bonchev–Trinajstić information content (AvgIpc) is 3.17. The van der Waals surface area contributed by atoms with Crippen molar-refractivity contribution in [2.75, 3.05) is 5.32 Å². The first kappa shape index (κ1) is 13.1. The number of hydrogen-bond acceptors (Lipinski definition) is 5. The third kappa shape index (κ3) is 3.36. The molecule has 0 spiro atoms. The lowest BCUT2D eigenvalue weighted by Crippen LogP contribution is -2.12. The minimum atomic E-state index is -0.127. The Hall–Kier alpha value is -2.89. The SMILES string of the molecule is O=C(CCc1cccnc1)Nc1cc(-c2ccco2)on1. The van der Waals surface area contributed by atoms with Gasteiger partial charge in [0.2, 0.25) is 11.7 Å². The van der Waals surface area contributed by atoms with E-state index in [0.717, 1.165) is 5.56 Å². The molecule has 1 N–H and O–H groups in total. The van der Waals surface area contributed by atoms with Crippen LogP contribution in [0.2, 0.25) is 0 Å².